The number of hydrogen-bond acceptors (Lipinski definition) is 6. The van der Waals surface area contributed by atoms with Gasteiger partial charge < -0.3 is 20.3 Å². The van der Waals surface area contributed by atoms with E-state index < -0.39 is 0 Å². The Balaban J connectivity index is 0.00000243. The predicted molar refractivity (Wildman–Crippen MR) is 103 cm³/mol. The monoisotopic (exact) mass is 376 g/mol. The van der Waals surface area contributed by atoms with Crippen LogP contribution in [0.1, 0.15) is 41.5 Å². The van der Waals surface area contributed by atoms with Crippen LogP contribution in [0.2, 0.25) is 0 Å². The smallest absolute Gasteiger partial charge is 0.259 e. The molecule has 0 atom stereocenters. The SMILES string of the molecule is COc1ccc(N)c(NC(=O)c2cc(C)nc3onc(C(C)C)c23)c1.Cl. The minimum Gasteiger partial charge on any atom is -0.497 e. The summed E-state index contributed by atoms with van der Waals surface area (Å²) < 4.78 is 10.5. The molecule has 7 nitrogen and oxygen atoms in total. The molecule has 2 aromatic heterocycles. The van der Waals surface area contributed by atoms with Crippen LogP contribution in [0.4, 0.5) is 11.4 Å². The Labute approximate surface area is 157 Å². The number of benzene rings is 1. The second-order valence-electron chi connectivity index (χ2n) is 6.12. The zero-order valence-corrected chi connectivity index (χ0v) is 15.8. The molecule has 0 aliphatic heterocycles. The van der Waals surface area contributed by atoms with Crippen molar-refractivity contribution in [3.8, 4) is 5.75 Å². The number of aromatic nitrogens is 2. The second-order valence-corrected chi connectivity index (χ2v) is 6.12. The Bertz CT molecular complexity index is 953. The Morgan fingerprint density at radius 3 is 2.69 bits per heavy atom. The van der Waals surface area contributed by atoms with E-state index in [1.807, 2.05) is 13.8 Å². The number of halogens is 1. The summed E-state index contributed by atoms with van der Waals surface area (Å²) in [7, 11) is 1.55. The lowest BCUT2D eigenvalue weighted by Crippen LogP contribution is -2.14. The standard InChI is InChI=1S/C18H20N4O3.ClH/c1-9(2)16-15-12(7-10(3)20-18(15)25-22-16)17(23)21-14-8-11(24-4)5-6-13(14)19;/h5-9H,19H2,1-4H3,(H,21,23);1H. The van der Waals surface area contributed by atoms with E-state index in [4.69, 9.17) is 15.0 Å². The molecule has 1 amide bonds. The number of amides is 1. The van der Waals surface area contributed by atoms with Crippen molar-refractivity contribution in [3.05, 3.63) is 41.2 Å². The van der Waals surface area contributed by atoms with Crippen LogP contribution in [0, 0.1) is 6.92 Å². The van der Waals surface area contributed by atoms with Crippen LogP contribution in [0.3, 0.4) is 0 Å². The van der Waals surface area contributed by atoms with Crippen molar-refractivity contribution in [1.29, 1.82) is 0 Å². The third kappa shape index (κ3) is 3.57. The Morgan fingerprint density at radius 2 is 2.04 bits per heavy atom. The molecule has 0 aliphatic rings. The lowest BCUT2D eigenvalue weighted by molar-refractivity contribution is 0.102. The van der Waals surface area contributed by atoms with E-state index in [0.717, 1.165) is 0 Å². The van der Waals surface area contributed by atoms with Gasteiger partial charge in [0.1, 0.15) is 5.75 Å². The van der Waals surface area contributed by atoms with Crippen molar-refractivity contribution >= 4 is 40.8 Å². The molecule has 3 aromatic rings. The van der Waals surface area contributed by atoms with Gasteiger partial charge in [-0.25, -0.2) is 4.98 Å². The maximum atomic E-state index is 12.9. The van der Waals surface area contributed by atoms with Gasteiger partial charge in [-0.15, -0.1) is 12.4 Å². The molecule has 0 fully saturated rings. The highest BCUT2D eigenvalue weighted by molar-refractivity contribution is 6.13. The van der Waals surface area contributed by atoms with Crippen LogP contribution in [-0.4, -0.2) is 23.2 Å². The Hall–Kier alpha value is -2.80. The zero-order valence-electron chi connectivity index (χ0n) is 15.0. The first-order valence-electron chi connectivity index (χ1n) is 7.92. The number of carbonyl (C=O) groups is 1. The highest BCUT2D eigenvalue weighted by atomic mass is 35.5. The first-order chi connectivity index (χ1) is 11.9. The zero-order chi connectivity index (χ0) is 18.1. The van der Waals surface area contributed by atoms with Crippen molar-refractivity contribution in [1.82, 2.24) is 10.1 Å². The molecule has 0 saturated carbocycles. The summed E-state index contributed by atoms with van der Waals surface area (Å²) >= 11 is 0. The van der Waals surface area contributed by atoms with Crippen LogP contribution in [0.15, 0.2) is 28.8 Å². The number of nitrogens with one attached hydrogen (secondary N) is 1. The number of fused-ring (bicyclic) bond motifs is 1. The molecular formula is C18H21ClN4O3. The quantitative estimate of drug-likeness (QED) is 0.669. The van der Waals surface area contributed by atoms with E-state index in [9.17, 15) is 4.79 Å². The number of carbonyl (C=O) groups excluding carboxylic acids is 1. The van der Waals surface area contributed by atoms with E-state index in [1.165, 1.54) is 0 Å². The van der Waals surface area contributed by atoms with Crippen LogP contribution in [-0.2, 0) is 0 Å². The fourth-order valence-electron chi connectivity index (χ4n) is 2.63. The van der Waals surface area contributed by atoms with Crippen molar-refractivity contribution in [3.63, 3.8) is 0 Å². The van der Waals surface area contributed by atoms with Gasteiger partial charge in [0.15, 0.2) is 0 Å². The van der Waals surface area contributed by atoms with E-state index in [-0.39, 0.29) is 24.2 Å². The number of aryl methyl sites for hydroxylation is 1. The van der Waals surface area contributed by atoms with Crippen molar-refractivity contribution in [2.45, 2.75) is 26.7 Å². The Morgan fingerprint density at radius 1 is 1.31 bits per heavy atom. The molecule has 3 N–H and O–H groups in total. The van der Waals surface area contributed by atoms with Crippen LogP contribution >= 0.6 is 12.4 Å². The molecule has 2 heterocycles. The molecule has 0 saturated heterocycles. The van der Waals surface area contributed by atoms with Gasteiger partial charge in [0.2, 0.25) is 0 Å². The average Bonchev–Trinajstić information content (AvgIpc) is 2.99. The second kappa shape index (κ2) is 7.61. The van der Waals surface area contributed by atoms with Gasteiger partial charge in [-0.05, 0) is 31.0 Å². The third-order valence-corrected chi connectivity index (χ3v) is 3.90. The number of methoxy groups -OCH3 is 1. The van der Waals surface area contributed by atoms with Crippen LogP contribution < -0.4 is 15.8 Å². The molecule has 3 rings (SSSR count). The predicted octanol–water partition coefficient (Wildman–Crippen LogP) is 3.92. The maximum absolute atomic E-state index is 12.9. The minimum absolute atomic E-state index is 0. The maximum Gasteiger partial charge on any atom is 0.259 e. The average molecular weight is 377 g/mol. The molecule has 0 aliphatic carbocycles. The first kappa shape index (κ1) is 19.5. The molecule has 26 heavy (non-hydrogen) atoms. The van der Waals surface area contributed by atoms with E-state index >= 15 is 0 Å². The topological polar surface area (TPSA) is 103 Å². The van der Waals surface area contributed by atoms with Crippen LogP contribution in [0.25, 0.3) is 11.1 Å². The number of nitrogen functional groups attached to an aromatic ring is 1. The molecule has 0 radical (unpaired) electrons. The van der Waals surface area contributed by atoms with Gasteiger partial charge in [-0.1, -0.05) is 19.0 Å². The van der Waals surface area contributed by atoms with Gasteiger partial charge in [0.05, 0.1) is 35.1 Å². The van der Waals surface area contributed by atoms with Gasteiger partial charge in [0.25, 0.3) is 11.6 Å². The molecule has 0 spiro atoms. The fourth-order valence-corrected chi connectivity index (χ4v) is 2.63. The number of nitrogens with zero attached hydrogens (tertiary/aromatic N) is 2. The number of nitrogens with two attached hydrogens (primary N) is 1. The molecular weight excluding hydrogens is 356 g/mol. The summed E-state index contributed by atoms with van der Waals surface area (Å²) in [6, 6.07) is 6.81. The summed E-state index contributed by atoms with van der Waals surface area (Å²) in [5.74, 6) is 0.396. The Kier molecular flexibility index (Phi) is 5.72. The summed E-state index contributed by atoms with van der Waals surface area (Å²) in [6.45, 7) is 5.77. The number of hydrogen-bond donors (Lipinski definition) is 2. The van der Waals surface area contributed by atoms with Gasteiger partial charge in [-0.2, -0.15) is 0 Å². The largest absolute Gasteiger partial charge is 0.497 e. The normalized spacial score (nSPS) is 10.7. The highest BCUT2D eigenvalue weighted by Crippen LogP contribution is 2.29. The minimum atomic E-state index is -0.305. The molecule has 8 heteroatoms. The van der Waals surface area contributed by atoms with E-state index in [1.54, 1.807) is 38.3 Å². The van der Waals surface area contributed by atoms with Gasteiger partial charge in [-0.3, -0.25) is 4.79 Å². The van der Waals surface area contributed by atoms with Crippen molar-refractivity contribution in [2.75, 3.05) is 18.2 Å². The third-order valence-electron chi connectivity index (χ3n) is 3.90. The first-order valence-corrected chi connectivity index (χ1v) is 7.92. The van der Waals surface area contributed by atoms with E-state index in [0.29, 0.717) is 45.2 Å². The van der Waals surface area contributed by atoms with Gasteiger partial charge >= 0.3 is 0 Å². The van der Waals surface area contributed by atoms with Crippen LogP contribution in [0.5, 0.6) is 5.75 Å². The number of anilines is 2. The number of ether oxygens (including phenoxy) is 1. The highest BCUT2D eigenvalue weighted by Gasteiger charge is 2.22. The van der Waals surface area contributed by atoms with Crippen molar-refractivity contribution in [2.24, 2.45) is 0 Å². The van der Waals surface area contributed by atoms with Gasteiger partial charge in [0, 0.05) is 11.8 Å². The molecule has 138 valence electrons. The summed E-state index contributed by atoms with van der Waals surface area (Å²) in [5.41, 5.74) is 9.07. The molecule has 0 unspecified atom stereocenters. The number of pyridine rings is 1. The van der Waals surface area contributed by atoms with Crippen molar-refractivity contribution < 1.29 is 14.1 Å². The summed E-state index contributed by atoms with van der Waals surface area (Å²) in [5, 5.41) is 7.53. The number of rotatable bonds is 4. The lowest BCUT2D eigenvalue weighted by atomic mass is 10.0. The summed E-state index contributed by atoms with van der Waals surface area (Å²) in [4.78, 5) is 17.2. The molecule has 0 bridgehead atoms. The summed E-state index contributed by atoms with van der Waals surface area (Å²) in [6.07, 6.45) is 0. The fraction of sp³-hybridized carbons (Fsp3) is 0.278. The van der Waals surface area contributed by atoms with E-state index in [2.05, 4.69) is 15.5 Å². The molecule has 1 aromatic carbocycles. The lowest BCUT2D eigenvalue weighted by Gasteiger charge is -2.11.